The summed E-state index contributed by atoms with van der Waals surface area (Å²) in [5.74, 6) is 0.182. The van der Waals surface area contributed by atoms with Crippen molar-refractivity contribution < 1.29 is 50.9 Å². The van der Waals surface area contributed by atoms with Gasteiger partial charge in [0.2, 0.25) is 0 Å². The van der Waals surface area contributed by atoms with Gasteiger partial charge in [-0.3, -0.25) is 27.5 Å². The van der Waals surface area contributed by atoms with Crippen LogP contribution in [-0.2, 0) is 36.7 Å². The molecule has 7 rings (SSSR count). The number of nitrogens with one attached hydrogen (secondary N) is 2. The summed E-state index contributed by atoms with van der Waals surface area (Å²) in [5.41, 5.74) is 5.99. The molecule has 0 aromatic carbocycles. The molecule has 7 heterocycles. The molecule has 9 atom stereocenters. The van der Waals surface area contributed by atoms with Gasteiger partial charge in [-0.2, -0.15) is 0 Å². The number of nitrogens with two attached hydrogens (primary N) is 1. The zero-order valence-electron chi connectivity index (χ0n) is 21.7. The number of nitrogen functional groups attached to an aromatic ring is 1. The van der Waals surface area contributed by atoms with Crippen LogP contribution in [0.25, 0.3) is 11.2 Å². The van der Waals surface area contributed by atoms with E-state index in [1.54, 1.807) is 0 Å². The minimum absolute atomic E-state index is 0.0600. The van der Waals surface area contributed by atoms with E-state index in [2.05, 4.69) is 30.2 Å². The van der Waals surface area contributed by atoms with Crippen molar-refractivity contribution in [3.05, 3.63) is 29.3 Å². The molecule has 0 aliphatic carbocycles. The van der Waals surface area contributed by atoms with Crippen LogP contribution in [0.1, 0.15) is 12.6 Å². The van der Waals surface area contributed by atoms with Gasteiger partial charge in [0.15, 0.2) is 29.7 Å². The van der Waals surface area contributed by atoms with Crippen molar-refractivity contribution in [2.45, 2.75) is 49.5 Å². The number of hydrogen-bond donors (Lipinski definition) is 5. The van der Waals surface area contributed by atoms with Crippen LogP contribution in [-0.4, -0.2) is 96.0 Å². The van der Waals surface area contributed by atoms with E-state index in [1.165, 1.54) is 22.1 Å². The fraction of sp³-hybridized carbons (Fsp3) is 0.550. The molecule has 23 heteroatoms. The number of alkyl halides is 1. The van der Waals surface area contributed by atoms with Gasteiger partial charge in [0.25, 0.3) is 5.56 Å². The summed E-state index contributed by atoms with van der Waals surface area (Å²) < 4.78 is 75.8. The number of phosphoric ester groups is 2. The highest BCUT2D eigenvalue weighted by Crippen LogP contribution is 2.53. The molecule has 3 fully saturated rings. The van der Waals surface area contributed by atoms with Gasteiger partial charge in [-0.25, -0.2) is 33.5 Å². The third kappa shape index (κ3) is 5.20. The van der Waals surface area contributed by atoms with Gasteiger partial charge < -0.3 is 40.2 Å². The van der Waals surface area contributed by atoms with Crippen LogP contribution >= 0.6 is 15.6 Å². The molecule has 0 amide bonds. The number of fused-ring (bicyclic) bond motifs is 5. The highest BCUT2D eigenvalue weighted by molar-refractivity contribution is 7.47. The lowest BCUT2D eigenvalue weighted by Gasteiger charge is -2.30. The fourth-order valence-corrected chi connectivity index (χ4v) is 7.23. The van der Waals surface area contributed by atoms with Crippen molar-refractivity contribution in [3.8, 4) is 0 Å². The fourth-order valence-electron chi connectivity index (χ4n) is 5.34. The molecule has 0 radical (unpaired) electrons. The Hall–Kier alpha value is -3.10. The molecule has 0 saturated carbocycles. The summed E-state index contributed by atoms with van der Waals surface area (Å²) in [6.45, 7) is -1.58. The number of halogens is 1. The predicted octanol–water partition coefficient (Wildman–Crippen LogP) is -0.250. The normalized spacial score (nSPS) is 38.1. The number of nitrogens with zero attached hydrogens (tertiary/aromatic N) is 6. The van der Waals surface area contributed by atoms with Crippen LogP contribution in [0.4, 0.5) is 21.7 Å². The molecule has 6 N–H and O–H groups in total. The molecule has 3 aromatic heterocycles. The minimum Gasteiger partial charge on any atom is -0.382 e. The Morgan fingerprint density at radius 3 is 2.60 bits per heavy atom. The zero-order valence-corrected chi connectivity index (χ0v) is 23.5. The first-order valence-corrected chi connectivity index (χ1v) is 15.8. The summed E-state index contributed by atoms with van der Waals surface area (Å²) >= 11 is 0. The highest BCUT2D eigenvalue weighted by atomic mass is 31.2. The van der Waals surface area contributed by atoms with E-state index in [0.29, 0.717) is 5.65 Å². The van der Waals surface area contributed by atoms with E-state index in [4.69, 9.17) is 33.3 Å². The maximum atomic E-state index is 15.7. The Morgan fingerprint density at radius 2 is 1.79 bits per heavy atom. The molecule has 43 heavy (non-hydrogen) atoms. The van der Waals surface area contributed by atoms with E-state index in [9.17, 15) is 23.7 Å². The van der Waals surface area contributed by atoms with Crippen molar-refractivity contribution >= 4 is 44.1 Å². The standard InChI is InChI=1S/C20H24FN9O11P2/c21-12-10-3-37-42(32,33)40-8-1-11(29-6-27-13-16(22)23-4-24-17(13)29)38-9(8)2-36-43(34,35)41-15(12)20(39-10)30-7-28-14-18(30)25-5-26-19(14)31/h4-6,8-12,15,20,28H,1-3,7H2,(H,32,33)(H,34,35)(H2,22,23,24)(H,25,26,31)/t8-,9?,10?,11?,12?,15?,20?/m0/s1. The topological polar surface area (TPSA) is 261 Å². The van der Waals surface area contributed by atoms with Gasteiger partial charge in [0.05, 0.1) is 32.5 Å². The van der Waals surface area contributed by atoms with Crippen LogP contribution in [0, 0.1) is 0 Å². The van der Waals surface area contributed by atoms with E-state index in [1.807, 2.05) is 0 Å². The number of phosphoric acid groups is 2. The zero-order chi connectivity index (χ0) is 30.1. The summed E-state index contributed by atoms with van der Waals surface area (Å²) in [4.78, 5) is 53.3. The highest BCUT2D eigenvalue weighted by Gasteiger charge is 2.54. The lowest BCUT2D eigenvalue weighted by molar-refractivity contribution is -0.0538. The Labute approximate surface area is 239 Å². The second-order valence-electron chi connectivity index (χ2n) is 9.93. The Balaban J connectivity index is 1.16. The first-order valence-electron chi connectivity index (χ1n) is 12.8. The van der Waals surface area contributed by atoms with Crippen molar-refractivity contribution in [1.29, 1.82) is 0 Å². The number of aromatic nitrogens is 6. The summed E-state index contributed by atoms with van der Waals surface area (Å²) in [5, 5.41) is 2.79. The number of rotatable bonds is 2. The second-order valence-corrected chi connectivity index (χ2v) is 12.7. The maximum absolute atomic E-state index is 15.7. The Bertz CT molecular complexity index is 1710. The predicted molar refractivity (Wildman–Crippen MR) is 139 cm³/mol. The molecular weight excluding hydrogens is 623 g/mol. The first-order chi connectivity index (χ1) is 20.5. The second kappa shape index (κ2) is 10.5. The molecule has 20 nitrogen and oxygen atoms in total. The minimum atomic E-state index is -5.03. The average Bonchev–Trinajstić information content (AvgIpc) is 3.72. The van der Waals surface area contributed by atoms with Crippen molar-refractivity contribution in [1.82, 2.24) is 29.5 Å². The molecule has 2 bridgehead atoms. The number of H-pyrrole nitrogens is 1. The van der Waals surface area contributed by atoms with Crippen molar-refractivity contribution in [2.75, 3.05) is 35.8 Å². The summed E-state index contributed by atoms with van der Waals surface area (Å²) in [6, 6.07) is 0. The third-order valence-corrected chi connectivity index (χ3v) is 9.31. The quantitative estimate of drug-likeness (QED) is 0.225. The molecular formula is C20H24FN9O11P2. The summed E-state index contributed by atoms with van der Waals surface area (Å²) in [6.07, 6.45) is -6.58. The monoisotopic (exact) mass is 647 g/mol. The molecule has 8 unspecified atom stereocenters. The van der Waals surface area contributed by atoms with Gasteiger partial charge in [0.1, 0.15) is 48.2 Å². The van der Waals surface area contributed by atoms with Crippen molar-refractivity contribution in [3.63, 3.8) is 0 Å². The van der Waals surface area contributed by atoms with Crippen LogP contribution < -0.4 is 21.5 Å². The van der Waals surface area contributed by atoms with Crippen LogP contribution in [0.2, 0.25) is 0 Å². The molecule has 3 aromatic rings. The van der Waals surface area contributed by atoms with Gasteiger partial charge in [-0.1, -0.05) is 0 Å². The van der Waals surface area contributed by atoms with Gasteiger partial charge in [-0.05, 0) is 0 Å². The number of aromatic amines is 1. The summed E-state index contributed by atoms with van der Waals surface area (Å²) in [7, 11) is -9.92. The first kappa shape index (κ1) is 28.7. The van der Waals surface area contributed by atoms with Crippen LogP contribution in [0.3, 0.4) is 0 Å². The van der Waals surface area contributed by atoms with E-state index >= 15 is 4.39 Å². The third-order valence-electron chi connectivity index (χ3n) is 7.31. The number of imidazole rings is 1. The molecule has 4 aliphatic heterocycles. The maximum Gasteiger partial charge on any atom is 0.472 e. The molecule has 0 spiro atoms. The van der Waals surface area contributed by atoms with Gasteiger partial charge in [0, 0.05) is 6.42 Å². The lowest BCUT2D eigenvalue weighted by Crippen LogP contribution is -2.45. The number of anilines is 3. The van der Waals surface area contributed by atoms with Crippen LogP contribution in [0.15, 0.2) is 23.8 Å². The van der Waals surface area contributed by atoms with Gasteiger partial charge >= 0.3 is 15.6 Å². The van der Waals surface area contributed by atoms with E-state index in [-0.39, 0.29) is 35.9 Å². The average molecular weight is 647 g/mol. The van der Waals surface area contributed by atoms with Gasteiger partial charge in [-0.15, -0.1) is 0 Å². The van der Waals surface area contributed by atoms with E-state index < -0.39 is 77.5 Å². The van der Waals surface area contributed by atoms with E-state index in [0.717, 1.165) is 6.33 Å². The Kier molecular flexibility index (Phi) is 7.01. The largest absolute Gasteiger partial charge is 0.472 e. The molecule has 3 saturated heterocycles. The smallest absolute Gasteiger partial charge is 0.382 e. The number of hydrogen-bond acceptors (Lipinski definition) is 16. The lowest BCUT2D eigenvalue weighted by atomic mass is 10.1. The van der Waals surface area contributed by atoms with Crippen molar-refractivity contribution in [2.24, 2.45) is 0 Å². The van der Waals surface area contributed by atoms with Crippen LogP contribution in [0.5, 0.6) is 0 Å². The SMILES string of the molecule is Nc1ncnc2c1ncn2C1C[C@@H]2OP(=O)(O)OCC3OC(N4CNc5c4nc[nH]c5=O)C(OP(=O)(O)OCC2O1)C3F. The molecule has 4 aliphatic rings. The molecule has 232 valence electrons. The number of ether oxygens (including phenoxy) is 2. The Morgan fingerprint density at radius 1 is 1.02 bits per heavy atom.